The molecule has 1 aromatic rings. The van der Waals surface area contributed by atoms with E-state index in [9.17, 15) is 0 Å². The van der Waals surface area contributed by atoms with Crippen molar-refractivity contribution in [3.05, 3.63) is 35.4 Å². The van der Waals surface area contributed by atoms with E-state index in [1.54, 1.807) is 0 Å². The van der Waals surface area contributed by atoms with Crippen LogP contribution in [0.4, 0.5) is 0 Å². The van der Waals surface area contributed by atoms with E-state index in [-0.39, 0.29) is 0 Å². The van der Waals surface area contributed by atoms with Gasteiger partial charge >= 0.3 is 0 Å². The van der Waals surface area contributed by atoms with Gasteiger partial charge in [0.2, 0.25) is 0 Å². The average Bonchev–Trinajstić information content (AvgIpc) is 2.49. The lowest BCUT2D eigenvalue weighted by atomic mass is 10.0. The van der Waals surface area contributed by atoms with E-state index in [4.69, 9.17) is 0 Å². The number of hydrogen-bond donors (Lipinski definition) is 0. The van der Waals surface area contributed by atoms with Gasteiger partial charge in [0.1, 0.15) is 0 Å². The molecule has 0 aliphatic carbocycles. The van der Waals surface area contributed by atoms with Crippen molar-refractivity contribution in [2.24, 2.45) is 0 Å². The Morgan fingerprint density at radius 2 is 1.38 bits per heavy atom. The Labute approximate surface area is 132 Å². The molecule has 1 aromatic carbocycles. The van der Waals surface area contributed by atoms with Crippen LogP contribution in [0.25, 0.3) is 0 Å². The zero-order valence-corrected chi connectivity index (χ0v) is 14.3. The topological polar surface area (TPSA) is 0 Å². The molecular weight excluding hydrogens is 252 g/mol. The van der Waals surface area contributed by atoms with Gasteiger partial charge in [-0.2, -0.15) is 0 Å². The summed E-state index contributed by atoms with van der Waals surface area (Å²) < 4.78 is 0. The summed E-state index contributed by atoms with van der Waals surface area (Å²) in [6.07, 6.45) is 12.0. The van der Waals surface area contributed by atoms with Crippen molar-refractivity contribution in [3.63, 3.8) is 0 Å². The molecule has 0 radical (unpaired) electrons. The van der Waals surface area contributed by atoms with Crippen molar-refractivity contribution in [2.75, 3.05) is 0 Å². The minimum absolute atomic E-state index is 0.601. The van der Waals surface area contributed by atoms with Gasteiger partial charge in [0, 0.05) is 12.0 Å². The van der Waals surface area contributed by atoms with Crippen LogP contribution in [0.15, 0.2) is 24.3 Å². The fourth-order valence-corrected chi connectivity index (χ4v) is 2.46. The molecule has 0 N–H and O–H groups in total. The Balaban J connectivity index is 2.10. The van der Waals surface area contributed by atoms with Gasteiger partial charge < -0.3 is 0 Å². The highest BCUT2D eigenvalue weighted by Gasteiger charge is 1.96. The van der Waals surface area contributed by atoms with Crippen molar-refractivity contribution in [3.8, 4) is 11.8 Å². The number of benzene rings is 1. The lowest BCUT2D eigenvalue weighted by Gasteiger charge is -2.03. The number of unbranched alkanes of at least 4 members (excludes halogenated alkanes) is 8. The van der Waals surface area contributed by atoms with Gasteiger partial charge in [-0.25, -0.2) is 0 Å². The van der Waals surface area contributed by atoms with Crippen LogP contribution in [0.5, 0.6) is 0 Å². The maximum absolute atomic E-state index is 3.31. The Morgan fingerprint density at radius 1 is 0.810 bits per heavy atom. The third kappa shape index (κ3) is 8.61. The maximum atomic E-state index is 3.31. The van der Waals surface area contributed by atoms with Crippen LogP contribution < -0.4 is 0 Å². The lowest BCUT2D eigenvalue weighted by Crippen LogP contribution is -1.86. The van der Waals surface area contributed by atoms with Gasteiger partial charge in [0.05, 0.1) is 0 Å². The Hall–Kier alpha value is -1.22. The quantitative estimate of drug-likeness (QED) is 0.350. The second-order valence-electron chi connectivity index (χ2n) is 6.30. The molecule has 0 saturated carbocycles. The summed E-state index contributed by atoms with van der Waals surface area (Å²) in [5, 5.41) is 0. The smallest absolute Gasteiger partial charge is 0.0245 e. The summed E-state index contributed by atoms with van der Waals surface area (Å²) in [7, 11) is 0. The molecule has 0 aliphatic rings. The molecule has 0 heterocycles. The van der Waals surface area contributed by atoms with E-state index in [0.717, 1.165) is 12.0 Å². The molecule has 0 amide bonds. The van der Waals surface area contributed by atoms with Gasteiger partial charge in [-0.15, -0.1) is 0 Å². The van der Waals surface area contributed by atoms with Crippen LogP contribution in [-0.2, 0) is 0 Å². The molecule has 0 fully saturated rings. The Kier molecular flexibility index (Phi) is 9.71. The summed E-state index contributed by atoms with van der Waals surface area (Å²) in [6.45, 7) is 6.72. The summed E-state index contributed by atoms with van der Waals surface area (Å²) >= 11 is 0. The largest absolute Gasteiger partial charge is 0.0979 e. The molecule has 0 nitrogen and oxygen atoms in total. The SMILES string of the molecule is CCCCCCCCCCC#Cc1ccc(C(C)C)cc1. The van der Waals surface area contributed by atoms with Crippen LogP contribution in [0, 0.1) is 11.8 Å². The fourth-order valence-electron chi connectivity index (χ4n) is 2.46. The third-order valence-corrected chi connectivity index (χ3v) is 3.97. The standard InChI is InChI=1S/C21H32/c1-4-5-6-7-8-9-10-11-12-13-14-20-15-17-21(18-16-20)19(2)3/h15-19H,4-12H2,1-3H3. The first-order valence-corrected chi connectivity index (χ1v) is 8.83. The van der Waals surface area contributed by atoms with Crippen LogP contribution in [0.2, 0.25) is 0 Å². The first-order chi connectivity index (χ1) is 10.2. The van der Waals surface area contributed by atoms with Crippen molar-refractivity contribution >= 4 is 0 Å². The molecule has 0 unspecified atom stereocenters. The third-order valence-electron chi connectivity index (χ3n) is 3.97. The van der Waals surface area contributed by atoms with E-state index in [1.165, 1.54) is 56.9 Å². The molecule has 0 spiro atoms. The maximum Gasteiger partial charge on any atom is 0.0245 e. The van der Waals surface area contributed by atoms with Gasteiger partial charge in [-0.1, -0.05) is 89.7 Å². The molecule has 0 aliphatic heterocycles. The van der Waals surface area contributed by atoms with Crippen LogP contribution in [0.1, 0.15) is 95.6 Å². The van der Waals surface area contributed by atoms with Gasteiger partial charge in [0.25, 0.3) is 0 Å². The average molecular weight is 284 g/mol. The zero-order valence-electron chi connectivity index (χ0n) is 14.3. The minimum Gasteiger partial charge on any atom is -0.0979 e. The molecule has 116 valence electrons. The highest BCUT2D eigenvalue weighted by molar-refractivity contribution is 5.36. The van der Waals surface area contributed by atoms with Crippen LogP contribution in [0.3, 0.4) is 0 Å². The minimum atomic E-state index is 0.601. The zero-order chi connectivity index (χ0) is 15.3. The summed E-state index contributed by atoms with van der Waals surface area (Å²) in [5.74, 6) is 7.19. The molecule has 0 aromatic heterocycles. The summed E-state index contributed by atoms with van der Waals surface area (Å²) in [4.78, 5) is 0. The predicted molar refractivity (Wildman–Crippen MR) is 94.6 cm³/mol. The van der Waals surface area contributed by atoms with Crippen LogP contribution in [-0.4, -0.2) is 0 Å². The molecular formula is C21H32. The van der Waals surface area contributed by atoms with Crippen molar-refractivity contribution in [1.29, 1.82) is 0 Å². The highest BCUT2D eigenvalue weighted by Crippen LogP contribution is 2.14. The van der Waals surface area contributed by atoms with E-state index in [0.29, 0.717) is 5.92 Å². The molecule has 0 atom stereocenters. The van der Waals surface area contributed by atoms with E-state index in [2.05, 4.69) is 56.9 Å². The first kappa shape index (κ1) is 17.8. The monoisotopic (exact) mass is 284 g/mol. The molecule has 0 bridgehead atoms. The lowest BCUT2D eigenvalue weighted by molar-refractivity contribution is 0.579. The van der Waals surface area contributed by atoms with E-state index >= 15 is 0 Å². The van der Waals surface area contributed by atoms with Crippen LogP contribution >= 0.6 is 0 Å². The van der Waals surface area contributed by atoms with E-state index < -0.39 is 0 Å². The Bertz CT molecular complexity index is 414. The molecule has 21 heavy (non-hydrogen) atoms. The summed E-state index contributed by atoms with van der Waals surface area (Å²) in [6, 6.07) is 8.70. The fraction of sp³-hybridized carbons (Fsp3) is 0.619. The number of hydrogen-bond acceptors (Lipinski definition) is 0. The highest BCUT2D eigenvalue weighted by atomic mass is 14.0. The normalized spacial score (nSPS) is 10.5. The van der Waals surface area contributed by atoms with E-state index in [1.807, 2.05) is 0 Å². The number of rotatable bonds is 9. The van der Waals surface area contributed by atoms with Gasteiger partial charge in [-0.3, -0.25) is 0 Å². The van der Waals surface area contributed by atoms with Gasteiger partial charge in [0.15, 0.2) is 0 Å². The summed E-state index contributed by atoms with van der Waals surface area (Å²) in [5.41, 5.74) is 2.54. The second-order valence-corrected chi connectivity index (χ2v) is 6.30. The molecule has 0 heteroatoms. The van der Waals surface area contributed by atoms with Crippen molar-refractivity contribution in [1.82, 2.24) is 0 Å². The molecule has 0 saturated heterocycles. The second kappa shape index (κ2) is 11.4. The Morgan fingerprint density at radius 3 is 1.95 bits per heavy atom. The molecule has 1 rings (SSSR count). The predicted octanol–water partition coefficient (Wildman–Crippen LogP) is 6.69. The van der Waals surface area contributed by atoms with Crippen molar-refractivity contribution in [2.45, 2.75) is 84.5 Å². The first-order valence-electron chi connectivity index (χ1n) is 8.83. The van der Waals surface area contributed by atoms with Crippen molar-refractivity contribution < 1.29 is 0 Å². The van der Waals surface area contributed by atoms with Gasteiger partial charge in [-0.05, 0) is 30.0 Å².